The lowest BCUT2D eigenvalue weighted by atomic mass is 9.54. The van der Waals surface area contributed by atoms with E-state index < -0.39 is 72.1 Å². The van der Waals surface area contributed by atoms with Crippen molar-refractivity contribution < 1.29 is 43.9 Å². The number of ether oxygens (including phenoxy) is 4. The zero-order valence-electron chi connectivity index (χ0n) is 22.7. The summed E-state index contributed by atoms with van der Waals surface area (Å²) in [5, 5.41) is 33.6. The van der Waals surface area contributed by atoms with Crippen molar-refractivity contribution >= 4 is 11.9 Å². The van der Waals surface area contributed by atoms with Crippen molar-refractivity contribution in [3.63, 3.8) is 0 Å². The molecule has 1 saturated heterocycles. The second-order valence-electron chi connectivity index (χ2n) is 11.8. The van der Waals surface area contributed by atoms with Crippen molar-refractivity contribution in [2.45, 2.75) is 95.3 Å². The monoisotopic (exact) mass is 532 g/mol. The highest BCUT2D eigenvalue weighted by molar-refractivity contribution is 5.90. The van der Waals surface area contributed by atoms with Crippen molar-refractivity contribution in [1.29, 1.82) is 0 Å². The third-order valence-corrected chi connectivity index (χ3v) is 9.65. The van der Waals surface area contributed by atoms with Crippen LogP contribution >= 0.6 is 0 Å². The maximum atomic E-state index is 13.1. The Labute approximate surface area is 223 Å². The van der Waals surface area contributed by atoms with E-state index in [1.807, 2.05) is 39.0 Å². The minimum atomic E-state index is -1.11. The van der Waals surface area contributed by atoms with Crippen LogP contribution in [0.3, 0.4) is 0 Å². The molecule has 3 fully saturated rings. The Balaban J connectivity index is 1.59. The van der Waals surface area contributed by atoms with E-state index in [2.05, 4.69) is 0 Å². The largest absolute Gasteiger partial charge is 0.457 e. The normalized spacial score (nSPS) is 48.3. The smallest absolute Gasteiger partial charge is 0.335 e. The van der Waals surface area contributed by atoms with Gasteiger partial charge in [0.15, 0.2) is 6.10 Å². The first kappa shape index (κ1) is 27.5. The lowest BCUT2D eigenvalue weighted by Gasteiger charge is -2.52. The Morgan fingerprint density at radius 3 is 2.61 bits per heavy atom. The minimum absolute atomic E-state index is 0.114. The van der Waals surface area contributed by atoms with Crippen LogP contribution < -0.4 is 0 Å². The van der Waals surface area contributed by atoms with Gasteiger partial charge >= 0.3 is 11.9 Å². The molecule has 5 aliphatic rings. The second kappa shape index (κ2) is 10.2. The fourth-order valence-electron chi connectivity index (χ4n) is 7.84. The van der Waals surface area contributed by atoms with Gasteiger partial charge in [0.1, 0.15) is 17.8 Å². The minimum Gasteiger partial charge on any atom is -0.457 e. The average molecular weight is 533 g/mol. The van der Waals surface area contributed by atoms with E-state index in [0.717, 1.165) is 5.57 Å². The third kappa shape index (κ3) is 4.18. The number of methoxy groups -OCH3 is 1. The van der Waals surface area contributed by atoms with Crippen LogP contribution in [0.2, 0.25) is 0 Å². The molecule has 9 heteroatoms. The molecule has 2 saturated carbocycles. The van der Waals surface area contributed by atoms with Gasteiger partial charge in [-0.2, -0.15) is 0 Å². The van der Waals surface area contributed by atoms with E-state index in [1.165, 1.54) is 7.11 Å². The maximum absolute atomic E-state index is 13.1. The molecule has 4 bridgehead atoms. The van der Waals surface area contributed by atoms with E-state index in [4.69, 9.17) is 18.9 Å². The molecule has 0 amide bonds. The molecule has 3 N–H and O–H groups in total. The topological polar surface area (TPSA) is 132 Å². The van der Waals surface area contributed by atoms with E-state index in [9.17, 15) is 24.9 Å². The van der Waals surface area contributed by atoms with Gasteiger partial charge in [-0.1, -0.05) is 38.2 Å². The predicted molar refractivity (Wildman–Crippen MR) is 135 cm³/mol. The zero-order valence-corrected chi connectivity index (χ0v) is 22.7. The number of cyclic esters (lactones) is 1. The molecule has 3 aliphatic carbocycles. The molecule has 0 radical (unpaired) electrons. The van der Waals surface area contributed by atoms with Crippen molar-refractivity contribution in [1.82, 2.24) is 0 Å². The van der Waals surface area contributed by atoms with Gasteiger partial charge in [-0.25, -0.2) is 9.59 Å². The van der Waals surface area contributed by atoms with Crippen LogP contribution in [0.5, 0.6) is 0 Å². The molecule has 1 spiro atoms. The van der Waals surface area contributed by atoms with E-state index in [0.29, 0.717) is 18.4 Å². The summed E-state index contributed by atoms with van der Waals surface area (Å²) < 4.78 is 24.2. The SMILES string of the molecule is CO[C@H]1C[C@H]2[C@@H](O)C[C@H]3[C@H]4O[C@]2(/C(C)=C/[C@@H](C)[C@@H]([C@@H](C)O)OC1=O)[C@@H]3[C@H](O)[C@@H](C)[C@H]4OC(=O)C1=CC=CC1. The first-order valence-corrected chi connectivity index (χ1v) is 13.7. The highest BCUT2D eigenvalue weighted by atomic mass is 16.6. The molecule has 2 aliphatic heterocycles. The van der Waals surface area contributed by atoms with Crippen LogP contribution in [-0.4, -0.2) is 82.7 Å². The van der Waals surface area contributed by atoms with Crippen LogP contribution in [0.25, 0.3) is 0 Å². The molecule has 0 unspecified atom stereocenters. The highest BCUT2D eigenvalue weighted by Gasteiger charge is 2.72. The molecular formula is C29H40O9. The standard InChI is InChI=1S/C29H40O9/c1-13-10-14(2)29-19(12-21(35-5)28(34)36-24(13)16(4)30)20(31)11-18-22(29)23(32)15(3)25(26(18)38-29)37-27(33)17-8-6-7-9-17/h6-8,10,13,15-16,18-26,30-32H,9,11-12H2,1-5H3/b14-10+/t13-,15-,16-,18-,19+,20+,21+,22+,23-,24+,25-,26-,29+/m1/s1. The van der Waals surface area contributed by atoms with Gasteiger partial charge in [0.2, 0.25) is 0 Å². The zero-order chi connectivity index (χ0) is 27.5. The van der Waals surface area contributed by atoms with Crippen molar-refractivity contribution in [3.8, 4) is 0 Å². The number of allylic oxidation sites excluding steroid dienone is 3. The number of aliphatic hydroxyl groups excluding tert-OH is 3. The molecule has 2 heterocycles. The molecule has 5 rings (SSSR count). The summed E-state index contributed by atoms with van der Waals surface area (Å²) in [6.07, 6.45) is 2.67. The fourth-order valence-corrected chi connectivity index (χ4v) is 7.84. The van der Waals surface area contributed by atoms with Crippen molar-refractivity contribution in [3.05, 3.63) is 35.5 Å². The molecule has 13 atom stereocenters. The van der Waals surface area contributed by atoms with Gasteiger partial charge in [-0.05, 0) is 44.6 Å². The number of aliphatic hydroxyl groups is 3. The first-order chi connectivity index (χ1) is 18.0. The second-order valence-corrected chi connectivity index (χ2v) is 11.8. The molecule has 0 aromatic heterocycles. The maximum Gasteiger partial charge on any atom is 0.335 e. The van der Waals surface area contributed by atoms with E-state index in [-0.39, 0.29) is 24.2 Å². The van der Waals surface area contributed by atoms with Gasteiger partial charge in [0.05, 0.1) is 24.4 Å². The molecule has 0 aromatic carbocycles. The van der Waals surface area contributed by atoms with Crippen LogP contribution in [-0.2, 0) is 28.5 Å². The summed E-state index contributed by atoms with van der Waals surface area (Å²) in [6, 6.07) is 0. The molecular weight excluding hydrogens is 492 g/mol. The molecule has 210 valence electrons. The molecule has 9 nitrogen and oxygen atoms in total. The quantitative estimate of drug-likeness (QED) is 0.367. The molecule has 38 heavy (non-hydrogen) atoms. The lowest BCUT2D eigenvalue weighted by Crippen LogP contribution is -2.62. The number of hydrogen-bond donors (Lipinski definition) is 3. The Bertz CT molecular complexity index is 1050. The van der Waals surface area contributed by atoms with Gasteiger partial charge in [-0.3, -0.25) is 0 Å². The summed E-state index contributed by atoms with van der Waals surface area (Å²) in [5.41, 5.74) is 0.243. The third-order valence-electron chi connectivity index (χ3n) is 9.65. The number of esters is 2. The van der Waals surface area contributed by atoms with Crippen LogP contribution in [0.4, 0.5) is 0 Å². The summed E-state index contributed by atoms with van der Waals surface area (Å²) >= 11 is 0. The summed E-state index contributed by atoms with van der Waals surface area (Å²) in [4.78, 5) is 26.1. The predicted octanol–water partition coefficient (Wildman–Crippen LogP) is 1.84. The number of hydrogen-bond acceptors (Lipinski definition) is 9. The van der Waals surface area contributed by atoms with Crippen LogP contribution in [0, 0.1) is 29.6 Å². The lowest BCUT2D eigenvalue weighted by molar-refractivity contribution is -0.177. The van der Waals surface area contributed by atoms with Crippen molar-refractivity contribution in [2.24, 2.45) is 29.6 Å². The average Bonchev–Trinajstić information content (AvgIpc) is 3.47. The van der Waals surface area contributed by atoms with E-state index in [1.54, 1.807) is 13.0 Å². The first-order valence-electron chi connectivity index (χ1n) is 13.7. The van der Waals surface area contributed by atoms with Crippen LogP contribution in [0.15, 0.2) is 35.5 Å². The van der Waals surface area contributed by atoms with Crippen LogP contribution in [0.1, 0.15) is 47.0 Å². The Morgan fingerprint density at radius 1 is 1.24 bits per heavy atom. The summed E-state index contributed by atoms with van der Waals surface area (Å²) in [5.74, 6) is -3.01. The summed E-state index contributed by atoms with van der Waals surface area (Å²) in [6.45, 7) is 7.22. The Kier molecular flexibility index (Phi) is 7.37. The van der Waals surface area contributed by atoms with Gasteiger partial charge < -0.3 is 34.3 Å². The molecule has 0 aromatic rings. The van der Waals surface area contributed by atoms with Gasteiger partial charge in [0, 0.05) is 36.4 Å². The Morgan fingerprint density at radius 2 is 1.97 bits per heavy atom. The Hall–Kier alpha value is -2.04. The van der Waals surface area contributed by atoms with Crippen molar-refractivity contribution in [2.75, 3.05) is 7.11 Å². The highest BCUT2D eigenvalue weighted by Crippen LogP contribution is 2.63. The number of carbonyl (C=O) groups is 2. The van der Waals surface area contributed by atoms with E-state index >= 15 is 0 Å². The summed E-state index contributed by atoms with van der Waals surface area (Å²) in [7, 11) is 1.42. The number of carbonyl (C=O) groups excluding carboxylic acids is 2. The fraction of sp³-hybridized carbons (Fsp3) is 0.724. The number of rotatable bonds is 4. The van der Waals surface area contributed by atoms with Gasteiger partial charge in [0.25, 0.3) is 0 Å². The van der Waals surface area contributed by atoms with Gasteiger partial charge in [-0.15, -0.1) is 0 Å².